The number of fused-ring (bicyclic) bond motifs is 7. The lowest BCUT2D eigenvalue weighted by Gasteiger charge is -2.73. The Morgan fingerprint density at radius 1 is 0.872 bits per heavy atom. The first kappa shape index (κ1) is 29.2. The number of likely N-dealkylation sites (tertiary alicyclic amines) is 1. The van der Waals surface area contributed by atoms with Gasteiger partial charge in [-0.15, -0.1) is 0 Å². The predicted molar refractivity (Wildman–Crippen MR) is 158 cm³/mol. The second-order valence-corrected chi connectivity index (χ2v) is 16.1. The summed E-state index contributed by atoms with van der Waals surface area (Å²) in [5, 5.41) is 9.06. The second-order valence-electron chi connectivity index (χ2n) is 16.1. The van der Waals surface area contributed by atoms with Crippen LogP contribution in [0.2, 0.25) is 0 Å². The molecule has 1 amide bonds. The highest BCUT2D eigenvalue weighted by Gasteiger charge is 2.70. The molecule has 0 spiro atoms. The minimum atomic E-state index is -0.810. The third kappa shape index (κ3) is 4.03. The molecule has 1 aliphatic heterocycles. The molecule has 0 radical (unpaired) electrons. The molecule has 5 rings (SSSR count). The van der Waals surface area contributed by atoms with E-state index in [2.05, 4.69) is 59.9 Å². The molecule has 4 heteroatoms. The molecule has 5 fully saturated rings. The fourth-order valence-electron chi connectivity index (χ4n) is 12.6. The lowest BCUT2D eigenvalue weighted by atomic mass is 9.33. The molecule has 1 heterocycles. The zero-order chi connectivity index (χ0) is 28.6. The minimum Gasteiger partial charge on any atom is -0.481 e. The number of allylic oxidation sites excluding steroid dienone is 1. The molecule has 0 aromatic rings. The average Bonchev–Trinajstić information content (AvgIpc) is 3.24. The first-order chi connectivity index (χ1) is 18.2. The van der Waals surface area contributed by atoms with E-state index in [1.54, 1.807) is 0 Å². The van der Waals surface area contributed by atoms with Crippen LogP contribution in [0.3, 0.4) is 0 Å². The third-order valence-electron chi connectivity index (χ3n) is 14.7. The van der Waals surface area contributed by atoms with Crippen LogP contribution in [-0.4, -0.2) is 34.0 Å². The van der Waals surface area contributed by atoms with E-state index in [0.29, 0.717) is 46.8 Å². The quantitative estimate of drug-likeness (QED) is 0.344. The van der Waals surface area contributed by atoms with Gasteiger partial charge in [0.1, 0.15) is 0 Å². The van der Waals surface area contributed by atoms with Crippen molar-refractivity contribution in [3.63, 3.8) is 0 Å². The molecule has 0 bridgehead atoms. The van der Waals surface area contributed by atoms with Gasteiger partial charge in [0.05, 0.1) is 0 Å². The summed E-state index contributed by atoms with van der Waals surface area (Å²) in [6, 6.07) is 0. The Labute approximate surface area is 238 Å². The number of carbonyl (C=O) groups is 2. The van der Waals surface area contributed by atoms with Gasteiger partial charge in [0.2, 0.25) is 5.91 Å². The molecule has 4 aliphatic carbocycles. The number of carbonyl (C=O) groups excluding carboxylic acids is 1. The number of amides is 1. The van der Waals surface area contributed by atoms with Gasteiger partial charge in [-0.3, -0.25) is 9.59 Å². The van der Waals surface area contributed by atoms with E-state index in [1.165, 1.54) is 63.4 Å². The minimum absolute atomic E-state index is 0.0773. The smallest absolute Gasteiger partial charge is 0.303 e. The van der Waals surface area contributed by atoms with Crippen LogP contribution in [0.1, 0.15) is 132 Å². The third-order valence-corrected chi connectivity index (χ3v) is 14.7. The van der Waals surface area contributed by atoms with Gasteiger partial charge in [-0.2, -0.15) is 0 Å². The van der Waals surface area contributed by atoms with Crippen LogP contribution in [0.15, 0.2) is 12.2 Å². The van der Waals surface area contributed by atoms with Crippen molar-refractivity contribution in [2.45, 2.75) is 137 Å². The monoisotopic (exact) mass is 539 g/mol. The molecule has 9 atom stereocenters. The standard InChI is InChI=1S/C35H57NO3/c1-9-35-18-15-24(23(2)3)30(35)25-13-14-27-32(6)21-22-36(28(37)11-10-12-29(38)39)31(4,5)26(32)16-17-34(27,8)33(25,7)19-20-35/h24-27,30H,2,9-22H2,1,3-8H3,(H,38,39)/t24-,25+,26?,27+,30+,32-,33+,34+,35+/m0/s1. The van der Waals surface area contributed by atoms with Gasteiger partial charge in [-0.25, -0.2) is 0 Å². The number of nitrogens with zero attached hydrogens (tertiary/aromatic N) is 1. The first-order valence-corrected chi connectivity index (χ1v) is 16.4. The van der Waals surface area contributed by atoms with Gasteiger partial charge in [0.25, 0.3) is 0 Å². The van der Waals surface area contributed by atoms with Crippen LogP contribution < -0.4 is 0 Å². The highest BCUT2D eigenvalue weighted by Crippen LogP contribution is 2.77. The number of aliphatic carboxylic acids is 1. The maximum Gasteiger partial charge on any atom is 0.303 e. The number of rotatable bonds is 6. The lowest BCUT2D eigenvalue weighted by Crippen LogP contribution is -2.70. The van der Waals surface area contributed by atoms with E-state index >= 15 is 0 Å². The van der Waals surface area contributed by atoms with Crippen molar-refractivity contribution in [2.24, 2.45) is 51.2 Å². The number of hydrogen-bond acceptors (Lipinski definition) is 2. The van der Waals surface area contributed by atoms with Gasteiger partial charge >= 0.3 is 5.97 Å². The maximum atomic E-state index is 13.3. The maximum absolute atomic E-state index is 13.3. The van der Waals surface area contributed by atoms with E-state index in [9.17, 15) is 9.59 Å². The average molecular weight is 540 g/mol. The van der Waals surface area contributed by atoms with E-state index in [4.69, 9.17) is 5.11 Å². The van der Waals surface area contributed by atoms with Crippen LogP contribution in [0, 0.1) is 51.2 Å². The molecule has 4 nitrogen and oxygen atoms in total. The van der Waals surface area contributed by atoms with Gasteiger partial charge in [0, 0.05) is 24.9 Å². The zero-order valence-corrected chi connectivity index (χ0v) is 26.2. The van der Waals surface area contributed by atoms with E-state index < -0.39 is 5.97 Å². The molecule has 5 aliphatic rings. The summed E-state index contributed by atoms with van der Waals surface area (Å²) in [7, 11) is 0. The molecular formula is C35H57NO3. The highest BCUT2D eigenvalue weighted by atomic mass is 16.4. The molecule has 4 saturated carbocycles. The summed E-state index contributed by atoms with van der Waals surface area (Å²) >= 11 is 0. The van der Waals surface area contributed by atoms with Gasteiger partial charge < -0.3 is 10.0 Å². The van der Waals surface area contributed by atoms with Crippen LogP contribution in [0.5, 0.6) is 0 Å². The number of piperidine rings is 1. The zero-order valence-electron chi connectivity index (χ0n) is 26.2. The van der Waals surface area contributed by atoms with Crippen LogP contribution >= 0.6 is 0 Å². The first-order valence-electron chi connectivity index (χ1n) is 16.4. The molecule has 1 saturated heterocycles. The van der Waals surface area contributed by atoms with Gasteiger partial charge in [-0.05, 0) is 136 Å². The van der Waals surface area contributed by atoms with Crippen molar-refractivity contribution in [1.29, 1.82) is 0 Å². The van der Waals surface area contributed by atoms with Crippen molar-refractivity contribution in [3.05, 3.63) is 12.2 Å². The summed E-state index contributed by atoms with van der Waals surface area (Å²) in [6.07, 6.45) is 14.0. The van der Waals surface area contributed by atoms with Crippen molar-refractivity contribution in [3.8, 4) is 0 Å². The highest BCUT2D eigenvalue weighted by molar-refractivity contribution is 5.78. The van der Waals surface area contributed by atoms with Crippen LogP contribution in [0.25, 0.3) is 0 Å². The molecule has 220 valence electrons. The van der Waals surface area contributed by atoms with Crippen molar-refractivity contribution in [1.82, 2.24) is 4.90 Å². The Hall–Kier alpha value is -1.32. The number of carboxylic acids is 1. The normalized spacial score (nSPS) is 46.4. The Bertz CT molecular complexity index is 1020. The summed E-state index contributed by atoms with van der Waals surface area (Å²) in [5.41, 5.74) is 2.74. The van der Waals surface area contributed by atoms with Gasteiger partial charge in [-0.1, -0.05) is 46.3 Å². The van der Waals surface area contributed by atoms with Crippen molar-refractivity contribution < 1.29 is 14.7 Å². The van der Waals surface area contributed by atoms with E-state index in [0.717, 1.165) is 24.8 Å². The summed E-state index contributed by atoms with van der Waals surface area (Å²) in [4.78, 5) is 26.5. The summed E-state index contributed by atoms with van der Waals surface area (Å²) in [6.45, 7) is 22.8. The summed E-state index contributed by atoms with van der Waals surface area (Å²) in [5.74, 6) is 2.86. The molecule has 0 aromatic heterocycles. The van der Waals surface area contributed by atoms with Crippen LogP contribution in [-0.2, 0) is 9.59 Å². The SMILES string of the molecule is C=C(C)[C@@H]1CC[C@]2(CC)CC[C@]3(C)[C@H](CC[C@@H]4[C@@]5(C)CCN(C(=O)CCCC(=O)O)C(C)(C)C5CC[C@]43C)[C@@H]12. The molecule has 1 N–H and O–H groups in total. The Balaban J connectivity index is 1.43. The predicted octanol–water partition coefficient (Wildman–Crippen LogP) is 8.50. The number of carboxylic acid groups (broad SMARTS) is 1. The molecule has 0 aromatic carbocycles. The fourth-order valence-corrected chi connectivity index (χ4v) is 12.6. The molecular weight excluding hydrogens is 482 g/mol. The largest absolute Gasteiger partial charge is 0.481 e. The molecule has 1 unspecified atom stereocenters. The van der Waals surface area contributed by atoms with Gasteiger partial charge in [0.15, 0.2) is 0 Å². The molecule has 39 heavy (non-hydrogen) atoms. The fraction of sp³-hybridized carbons (Fsp3) is 0.886. The Morgan fingerprint density at radius 2 is 1.59 bits per heavy atom. The Kier molecular flexibility index (Phi) is 7.20. The van der Waals surface area contributed by atoms with Crippen molar-refractivity contribution >= 4 is 11.9 Å². The summed E-state index contributed by atoms with van der Waals surface area (Å²) < 4.78 is 0. The van der Waals surface area contributed by atoms with Crippen LogP contribution in [0.4, 0.5) is 0 Å². The van der Waals surface area contributed by atoms with E-state index in [-0.39, 0.29) is 23.3 Å². The van der Waals surface area contributed by atoms with Crippen molar-refractivity contribution in [2.75, 3.05) is 6.54 Å². The topological polar surface area (TPSA) is 57.6 Å². The second kappa shape index (κ2) is 9.62. The number of hydrogen-bond donors (Lipinski definition) is 1. The lowest BCUT2D eigenvalue weighted by molar-refractivity contribution is -0.241. The Morgan fingerprint density at radius 3 is 2.23 bits per heavy atom. The van der Waals surface area contributed by atoms with E-state index in [1.807, 2.05) is 0 Å².